The van der Waals surface area contributed by atoms with E-state index in [4.69, 9.17) is 10.5 Å². The van der Waals surface area contributed by atoms with Crippen LogP contribution in [0.2, 0.25) is 0 Å². The van der Waals surface area contributed by atoms with E-state index < -0.39 is 11.9 Å². The molecule has 21 heavy (non-hydrogen) atoms. The van der Waals surface area contributed by atoms with Crippen LogP contribution in [0, 0.1) is 0 Å². The van der Waals surface area contributed by atoms with Crippen molar-refractivity contribution >= 4 is 11.9 Å². The number of urea groups is 1. The van der Waals surface area contributed by atoms with E-state index in [1.807, 2.05) is 35.2 Å². The molecule has 1 unspecified atom stereocenters. The lowest BCUT2D eigenvalue weighted by Crippen LogP contribution is -2.44. The van der Waals surface area contributed by atoms with E-state index in [0.717, 1.165) is 25.0 Å². The van der Waals surface area contributed by atoms with E-state index in [-0.39, 0.29) is 12.6 Å². The normalized spacial score (nSPS) is 17.9. The Labute approximate surface area is 124 Å². The van der Waals surface area contributed by atoms with E-state index in [0.29, 0.717) is 13.1 Å². The van der Waals surface area contributed by atoms with Gasteiger partial charge >= 0.3 is 6.03 Å². The van der Waals surface area contributed by atoms with Crippen LogP contribution in [0.5, 0.6) is 0 Å². The summed E-state index contributed by atoms with van der Waals surface area (Å²) < 4.78 is 5.62. The molecule has 3 N–H and O–H groups in total. The molecule has 3 amide bonds. The molecule has 0 bridgehead atoms. The molecule has 1 saturated heterocycles. The highest BCUT2D eigenvalue weighted by Gasteiger charge is 2.21. The van der Waals surface area contributed by atoms with Crippen molar-refractivity contribution in [2.75, 3.05) is 19.7 Å². The fourth-order valence-corrected chi connectivity index (χ4v) is 2.48. The summed E-state index contributed by atoms with van der Waals surface area (Å²) in [5, 5.41) is 2.10. The number of amides is 3. The molecule has 1 heterocycles. The van der Waals surface area contributed by atoms with Crippen molar-refractivity contribution < 1.29 is 14.3 Å². The Morgan fingerprint density at radius 3 is 2.71 bits per heavy atom. The quantitative estimate of drug-likeness (QED) is 0.814. The second kappa shape index (κ2) is 7.75. The number of nitrogens with zero attached hydrogens (tertiary/aromatic N) is 1. The van der Waals surface area contributed by atoms with Gasteiger partial charge < -0.3 is 10.5 Å². The van der Waals surface area contributed by atoms with Gasteiger partial charge in [0.15, 0.2) is 0 Å². The van der Waals surface area contributed by atoms with E-state index in [9.17, 15) is 9.59 Å². The monoisotopic (exact) mass is 291 g/mol. The van der Waals surface area contributed by atoms with Gasteiger partial charge in [0.25, 0.3) is 0 Å². The SMILES string of the molecule is NC(=O)NC(=O)CN(Cc1ccccc1)CC1CCCO1. The van der Waals surface area contributed by atoms with Gasteiger partial charge in [0.2, 0.25) is 5.91 Å². The average molecular weight is 291 g/mol. The smallest absolute Gasteiger partial charge is 0.318 e. The van der Waals surface area contributed by atoms with Crippen LogP contribution in [0.15, 0.2) is 30.3 Å². The summed E-state index contributed by atoms with van der Waals surface area (Å²) in [6.45, 7) is 2.20. The van der Waals surface area contributed by atoms with Gasteiger partial charge in [-0.15, -0.1) is 0 Å². The predicted octanol–water partition coefficient (Wildman–Crippen LogP) is 0.862. The third-order valence-corrected chi connectivity index (χ3v) is 3.36. The zero-order valence-electron chi connectivity index (χ0n) is 12.0. The van der Waals surface area contributed by atoms with Crippen molar-refractivity contribution in [3.8, 4) is 0 Å². The Morgan fingerprint density at radius 2 is 2.10 bits per heavy atom. The summed E-state index contributed by atoms with van der Waals surface area (Å²) in [5.41, 5.74) is 6.08. The number of hydrogen-bond donors (Lipinski definition) is 2. The van der Waals surface area contributed by atoms with Gasteiger partial charge in [-0.1, -0.05) is 30.3 Å². The molecule has 1 aliphatic heterocycles. The summed E-state index contributed by atoms with van der Waals surface area (Å²) in [6.07, 6.45) is 2.20. The van der Waals surface area contributed by atoms with Crippen LogP contribution in [-0.4, -0.2) is 42.6 Å². The van der Waals surface area contributed by atoms with Crippen molar-refractivity contribution in [2.45, 2.75) is 25.5 Å². The number of nitrogens with one attached hydrogen (secondary N) is 1. The average Bonchev–Trinajstić information content (AvgIpc) is 2.91. The number of hydrogen-bond acceptors (Lipinski definition) is 4. The van der Waals surface area contributed by atoms with Crippen molar-refractivity contribution in [3.63, 3.8) is 0 Å². The molecular formula is C15H21N3O3. The van der Waals surface area contributed by atoms with E-state index in [2.05, 4.69) is 5.32 Å². The molecule has 1 aromatic rings. The third-order valence-electron chi connectivity index (χ3n) is 3.36. The molecular weight excluding hydrogens is 270 g/mol. The van der Waals surface area contributed by atoms with E-state index in [1.54, 1.807) is 0 Å². The molecule has 0 saturated carbocycles. The lowest BCUT2D eigenvalue weighted by atomic mass is 10.2. The molecule has 6 nitrogen and oxygen atoms in total. The fourth-order valence-electron chi connectivity index (χ4n) is 2.48. The molecule has 1 aliphatic rings. The van der Waals surface area contributed by atoms with E-state index in [1.165, 1.54) is 0 Å². The predicted molar refractivity (Wildman–Crippen MR) is 78.4 cm³/mol. The Morgan fingerprint density at radius 1 is 1.33 bits per heavy atom. The van der Waals surface area contributed by atoms with Gasteiger partial charge in [-0.3, -0.25) is 15.0 Å². The Kier molecular flexibility index (Phi) is 5.71. The minimum atomic E-state index is -0.822. The molecule has 1 aromatic carbocycles. The number of imide groups is 1. The van der Waals surface area contributed by atoms with Crippen LogP contribution in [0.1, 0.15) is 18.4 Å². The summed E-state index contributed by atoms with van der Waals surface area (Å²) in [7, 11) is 0. The second-order valence-electron chi connectivity index (χ2n) is 5.20. The van der Waals surface area contributed by atoms with Crippen LogP contribution in [0.25, 0.3) is 0 Å². The van der Waals surface area contributed by atoms with Crippen molar-refractivity contribution in [1.29, 1.82) is 0 Å². The van der Waals surface area contributed by atoms with Crippen molar-refractivity contribution in [2.24, 2.45) is 5.73 Å². The van der Waals surface area contributed by atoms with Crippen molar-refractivity contribution in [3.05, 3.63) is 35.9 Å². The number of rotatable bonds is 6. The summed E-state index contributed by atoms with van der Waals surface area (Å²) >= 11 is 0. The number of primary amides is 1. The first-order valence-electron chi connectivity index (χ1n) is 7.10. The second-order valence-corrected chi connectivity index (χ2v) is 5.20. The highest BCUT2D eigenvalue weighted by Crippen LogP contribution is 2.15. The minimum absolute atomic E-state index is 0.123. The maximum atomic E-state index is 11.7. The summed E-state index contributed by atoms with van der Waals surface area (Å²) in [6, 6.07) is 9.07. The topological polar surface area (TPSA) is 84.7 Å². The van der Waals surface area contributed by atoms with E-state index >= 15 is 0 Å². The molecule has 2 rings (SSSR count). The summed E-state index contributed by atoms with van der Waals surface area (Å²) in [4.78, 5) is 24.5. The molecule has 1 atom stereocenters. The lowest BCUT2D eigenvalue weighted by Gasteiger charge is -2.24. The van der Waals surface area contributed by atoms with Gasteiger partial charge in [-0.05, 0) is 18.4 Å². The fraction of sp³-hybridized carbons (Fsp3) is 0.467. The van der Waals surface area contributed by atoms with Crippen LogP contribution in [-0.2, 0) is 16.1 Å². The van der Waals surface area contributed by atoms with Crippen LogP contribution < -0.4 is 11.1 Å². The largest absolute Gasteiger partial charge is 0.377 e. The first-order chi connectivity index (χ1) is 10.1. The molecule has 114 valence electrons. The van der Waals surface area contributed by atoms with Gasteiger partial charge in [0.05, 0.1) is 12.6 Å². The number of benzene rings is 1. The number of nitrogens with two attached hydrogens (primary N) is 1. The molecule has 0 spiro atoms. The maximum Gasteiger partial charge on any atom is 0.318 e. The van der Waals surface area contributed by atoms with Gasteiger partial charge in [-0.25, -0.2) is 4.79 Å². The van der Waals surface area contributed by atoms with Gasteiger partial charge in [0.1, 0.15) is 0 Å². The minimum Gasteiger partial charge on any atom is -0.377 e. The molecule has 1 fully saturated rings. The molecule has 0 aliphatic carbocycles. The molecule has 6 heteroatoms. The summed E-state index contributed by atoms with van der Waals surface area (Å²) in [5.74, 6) is -0.392. The number of ether oxygens (including phenoxy) is 1. The van der Waals surface area contributed by atoms with Crippen LogP contribution >= 0.6 is 0 Å². The molecule has 0 aromatic heterocycles. The molecule has 0 radical (unpaired) electrons. The maximum absolute atomic E-state index is 11.7. The zero-order valence-corrected chi connectivity index (χ0v) is 12.0. The Bertz CT molecular complexity index is 472. The first kappa shape index (κ1) is 15.5. The van der Waals surface area contributed by atoms with Gasteiger partial charge in [0, 0.05) is 19.7 Å². The Balaban J connectivity index is 1.95. The van der Waals surface area contributed by atoms with Gasteiger partial charge in [-0.2, -0.15) is 0 Å². The number of carbonyl (C=O) groups excluding carboxylic acids is 2. The van der Waals surface area contributed by atoms with Crippen molar-refractivity contribution in [1.82, 2.24) is 10.2 Å². The van der Waals surface area contributed by atoms with Crippen LogP contribution in [0.3, 0.4) is 0 Å². The highest BCUT2D eigenvalue weighted by molar-refractivity contribution is 5.94. The number of carbonyl (C=O) groups is 2. The first-order valence-corrected chi connectivity index (χ1v) is 7.10. The van der Waals surface area contributed by atoms with Crippen LogP contribution in [0.4, 0.5) is 4.79 Å². The third kappa shape index (κ3) is 5.53. The standard InChI is InChI=1S/C15H21N3O3/c16-15(20)17-14(19)11-18(10-13-7-4-8-21-13)9-12-5-2-1-3-6-12/h1-3,5-6,13H,4,7-11H2,(H3,16,17,19,20). The lowest BCUT2D eigenvalue weighted by molar-refractivity contribution is -0.121. The Hall–Kier alpha value is -1.92. The zero-order chi connectivity index (χ0) is 15.1. The highest BCUT2D eigenvalue weighted by atomic mass is 16.5.